The molecule has 162 valence electrons. The number of aromatic nitrogens is 1. The van der Waals surface area contributed by atoms with Gasteiger partial charge in [-0.2, -0.15) is 0 Å². The number of rotatable bonds is 2. The number of nitrogens with one attached hydrogen (secondary N) is 2. The Labute approximate surface area is 184 Å². The van der Waals surface area contributed by atoms with Crippen molar-refractivity contribution in [2.45, 2.75) is 76.0 Å². The summed E-state index contributed by atoms with van der Waals surface area (Å²) in [5.74, 6) is -0.267. The number of benzene rings is 2. The lowest BCUT2D eigenvalue weighted by molar-refractivity contribution is -0.159. The number of ether oxygens (including phenoxy) is 1. The standard InChI is InChI=1S/C27H32N2O2/c1-26(2,3)31-25(30)23-21(18-12-6-4-7-13-18)22-19-14-8-9-15-20(19)28-24(22)27(29-23)16-10-5-11-17-27/h4,6-9,12-15,21,23,28-29H,5,10-11,16-17H2,1-3H3/t21-,23-/m1/s1. The summed E-state index contributed by atoms with van der Waals surface area (Å²) in [6, 6.07) is 18.5. The summed E-state index contributed by atoms with van der Waals surface area (Å²) in [5.41, 5.74) is 4.08. The van der Waals surface area contributed by atoms with Gasteiger partial charge in [-0.3, -0.25) is 10.1 Å². The second kappa shape index (κ2) is 7.52. The molecule has 0 amide bonds. The fourth-order valence-electron chi connectivity index (χ4n) is 5.61. The number of hydrogen-bond acceptors (Lipinski definition) is 3. The Morgan fingerprint density at radius 2 is 1.65 bits per heavy atom. The van der Waals surface area contributed by atoms with Gasteiger partial charge in [-0.1, -0.05) is 67.8 Å². The van der Waals surface area contributed by atoms with Gasteiger partial charge in [0, 0.05) is 22.5 Å². The summed E-state index contributed by atoms with van der Waals surface area (Å²) in [6.45, 7) is 5.83. The molecule has 1 aromatic heterocycles. The molecule has 2 aliphatic rings. The van der Waals surface area contributed by atoms with Gasteiger partial charge in [0.05, 0.1) is 5.54 Å². The highest BCUT2D eigenvalue weighted by Gasteiger charge is 2.50. The van der Waals surface area contributed by atoms with Crippen molar-refractivity contribution in [3.05, 3.63) is 71.4 Å². The molecule has 2 aromatic carbocycles. The van der Waals surface area contributed by atoms with Crippen molar-refractivity contribution < 1.29 is 9.53 Å². The first-order valence-electron chi connectivity index (χ1n) is 11.5. The molecule has 0 radical (unpaired) electrons. The molecule has 2 atom stereocenters. The first-order chi connectivity index (χ1) is 14.9. The number of fused-ring (bicyclic) bond motifs is 4. The van der Waals surface area contributed by atoms with Gasteiger partial charge in [0.1, 0.15) is 11.6 Å². The van der Waals surface area contributed by atoms with Crippen molar-refractivity contribution in [2.75, 3.05) is 0 Å². The lowest BCUT2D eigenvalue weighted by atomic mass is 9.69. The smallest absolute Gasteiger partial charge is 0.324 e. The third-order valence-electron chi connectivity index (χ3n) is 6.83. The summed E-state index contributed by atoms with van der Waals surface area (Å²) in [7, 11) is 0. The van der Waals surface area contributed by atoms with Crippen LogP contribution >= 0.6 is 0 Å². The van der Waals surface area contributed by atoms with Crippen molar-refractivity contribution in [3.8, 4) is 0 Å². The molecule has 31 heavy (non-hydrogen) atoms. The monoisotopic (exact) mass is 416 g/mol. The molecular weight excluding hydrogens is 384 g/mol. The number of hydrogen-bond donors (Lipinski definition) is 2. The highest BCUT2D eigenvalue weighted by atomic mass is 16.6. The molecule has 0 unspecified atom stereocenters. The van der Waals surface area contributed by atoms with Crippen LogP contribution < -0.4 is 5.32 Å². The van der Waals surface area contributed by atoms with Crippen molar-refractivity contribution >= 4 is 16.9 Å². The summed E-state index contributed by atoms with van der Waals surface area (Å²) in [5, 5.41) is 5.07. The lowest BCUT2D eigenvalue weighted by Crippen LogP contribution is -2.59. The number of esters is 1. The summed E-state index contributed by atoms with van der Waals surface area (Å²) >= 11 is 0. The predicted molar refractivity (Wildman–Crippen MR) is 124 cm³/mol. The van der Waals surface area contributed by atoms with E-state index < -0.39 is 11.6 Å². The van der Waals surface area contributed by atoms with Crippen LogP contribution in [0.1, 0.15) is 75.6 Å². The van der Waals surface area contributed by atoms with Crippen LogP contribution in [0.25, 0.3) is 10.9 Å². The van der Waals surface area contributed by atoms with E-state index in [2.05, 4.69) is 58.8 Å². The maximum atomic E-state index is 13.6. The van der Waals surface area contributed by atoms with E-state index in [1.807, 2.05) is 26.8 Å². The second-order valence-electron chi connectivity index (χ2n) is 10.1. The van der Waals surface area contributed by atoms with Gasteiger partial charge in [-0.05, 0) is 50.8 Å². The highest BCUT2D eigenvalue weighted by Crippen LogP contribution is 2.49. The normalized spacial score (nSPS) is 22.9. The molecule has 4 heteroatoms. The van der Waals surface area contributed by atoms with E-state index in [9.17, 15) is 4.79 Å². The fraction of sp³-hybridized carbons (Fsp3) is 0.444. The molecular formula is C27H32N2O2. The number of carbonyl (C=O) groups is 1. The summed E-state index contributed by atoms with van der Waals surface area (Å²) in [6.07, 6.45) is 5.65. The van der Waals surface area contributed by atoms with Crippen LogP contribution in [0, 0.1) is 0 Å². The second-order valence-corrected chi connectivity index (χ2v) is 10.1. The van der Waals surface area contributed by atoms with E-state index in [0.717, 1.165) is 23.9 Å². The maximum Gasteiger partial charge on any atom is 0.324 e. The Bertz CT molecular complexity index is 1090. The van der Waals surface area contributed by atoms with Crippen molar-refractivity contribution in [1.82, 2.24) is 10.3 Å². The van der Waals surface area contributed by atoms with Crippen LogP contribution in [-0.4, -0.2) is 22.6 Å². The SMILES string of the molecule is CC(C)(C)OC(=O)[C@@H]1NC2(CCCCC2)c2[nH]c3ccccc3c2[C@H]1c1ccccc1. The van der Waals surface area contributed by atoms with Crippen LogP contribution in [0.15, 0.2) is 54.6 Å². The third-order valence-corrected chi connectivity index (χ3v) is 6.83. The largest absolute Gasteiger partial charge is 0.459 e. The first kappa shape index (κ1) is 20.3. The Hall–Kier alpha value is -2.59. The number of para-hydroxylation sites is 1. The minimum absolute atomic E-state index is 0.102. The Balaban J connectivity index is 1.74. The zero-order valence-electron chi connectivity index (χ0n) is 18.7. The van der Waals surface area contributed by atoms with Gasteiger partial charge in [0.2, 0.25) is 0 Å². The van der Waals surface area contributed by atoms with E-state index in [-0.39, 0.29) is 17.4 Å². The Kier molecular flexibility index (Phi) is 4.93. The van der Waals surface area contributed by atoms with Crippen molar-refractivity contribution in [2.24, 2.45) is 0 Å². The molecule has 1 fully saturated rings. The molecule has 3 aromatic rings. The zero-order chi connectivity index (χ0) is 21.6. The summed E-state index contributed by atoms with van der Waals surface area (Å²) < 4.78 is 5.95. The van der Waals surface area contributed by atoms with Gasteiger partial charge >= 0.3 is 5.97 Å². The first-order valence-corrected chi connectivity index (χ1v) is 11.5. The lowest BCUT2D eigenvalue weighted by Gasteiger charge is -2.47. The molecule has 1 saturated carbocycles. The average Bonchev–Trinajstić information content (AvgIpc) is 3.14. The molecule has 1 aliphatic heterocycles. The number of aromatic amines is 1. The third kappa shape index (κ3) is 3.57. The Morgan fingerprint density at radius 1 is 0.968 bits per heavy atom. The zero-order valence-corrected chi connectivity index (χ0v) is 18.7. The van der Waals surface area contributed by atoms with Gasteiger partial charge in [-0.25, -0.2) is 0 Å². The van der Waals surface area contributed by atoms with Gasteiger partial charge in [-0.15, -0.1) is 0 Å². The van der Waals surface area contributed by atoms with E-state index in [1.165, 1.54) is 35.9 Å². The van der Waals surface area contributed by atoms with E-state index in [1.54, 1.807) is 0 Å². The number of carbonyl (C=O) groups excluding carboxylic acids is 1. The maximum absolute atomic E-state index is 13.6. The van der Waals surface area contributed by atoms with Crippen molar-refractivity contribution in [3.63, 3.8) is 0 Å². The summed E-state index contributed by atoms with van der Waals surface area (Å²) in [4.78, 5) is 17.4. The molecule has 2 N–H and O–H groups in total. The molecule has 0 bridgehead atoms. The van der Waals surface area contributed by atoms with Gasteiger partial charge in [0.15, 0.2) is 0 Å². The van der Waals surface area contributed by atoms with E-state index in [4.69, 9.17) is 4.74 Å². The molecule has 1 aliphatic carbocycles. The highest BCUT2D eigenvalue weighted by molar-refractivity contribution is 5.89. The topological polar surface area (TPSA) is 54.1 Å². The fourth-order valence-corrected chi connectivity index (χ4v) is 5.61. The minimum atomic E-state index is -0.528. The van der Waals surface area contributed by atoms with E-state index >= 15 is 0 Å². The van der Waals surface area contributed by atoms with E-state index in [0.29, 0.717) is 0 Å². The van der Waals surface area contributed by atoms with Crippen LogP contribution in [0.3, 0.4) is 0 Å². The number of H-pyrrole nitrogens is 1. The van der Waals surface area contributed by atoms with Crippen LogP contribution in [0.5, 0.6) is 0 Å². The molecule has 5 rings (SSSR count). The van der Waals surface area contributed by atoms with Crippen LogP contribution in [-0.2, 0) is 15.1 Å². The molecule has 2 heterocycles. The average molecular weight is 417 g/mol. The Morgan fingerprint density at radius 3 is 2.35 bits per heavy atom. The predicted octanol–water partition coefficient (Wildman–Crippen LogP) is 5.77. The van der Waals surface area contributed by atoms with Gasteiger partial charge in [0.25, 0.3) is 0 Å². The van der Waals surface area contributed by atoms with Crippen LogP contribution in [0.2, 0.25) is 0 Å². The quantitative estimate of drug-likeness (QED) is 0.521. The molecule has 1 spiro atoms. The molecule has 4 nitrogen and oxygen atoms in total. The van der Waals surface area contributed by atoms with Crippen molar-refractivity contribution in [1.29, 1.82) is 0 Å². The van der Waals surface area contributed by atoms with Gasteiger partial charge < -0.3 is 9.72 Å². The molecule has 0 saturated heterocycles. The minimum Gasteiger partial charge on any atom is -0.459 e. The van der Waals surface area contributed by atoms with Crippen LogP contribution in [0.4, 0.5) is 0 Å².